The van der Waals surface area contributed by atoms with Crippen molar-refractivity contribution in [2.75, 3.05) is 25.0 Å². The van der Waals surface area contributed by atoms with Gasteiger partial charge in [0.1, 0.15) is 11.4 Å². The van der Waals surface area contributed by atoms with Gasteiger partial charge in [0, 0.05) is 25.3 Å². The van der Waals surface area contributed by atoms with Crippen LogP contribution in [0.25, 0.3) is 0 Å². The smallest absolute Gasteiger partial charge is 0.410 e. The number of likely N-dealkylation sites (tertiary alicyclic amines) is 1. The van der Waals surface area contributed by atoms with E-state index in [0.717, 1.165) is 24.4 Å². The van der Waals surface area contributed by atoms with E-state index in [-0.39, 0.29) is 6.09 Å². The van der Waals surface area contributed by atoms with E-state index in [1.165, 1.54) is 5.56 Å². The number of pyridine rings is 1. The highest BCUT2D eigenvalue weighted by Gasteiger charge is 2.28. The Labute approximate surface area is 150 Å². The molecule has 1 amide bonds. The second kappa shape index (κ2) is 8.19. The van der Waals surface area contributed by atoms with Crippen LogP contribution in [0.5, 0.6) is 0 Å². The van der Waals surface area contributed by atoms with Crippen molar-refractivity contribution in [3.63, 3.8) is 0 Å². The maximum atomic E-state index is 12.2. The molecule has 0 radical (unpaired) electrons. The Hall–Kier alpha value is -2.29. The summed E-state index contributed by atoms with van der Waals surface area (Å²) in [5.41, 5.74) is 1.80. The van der Waals surface area contributed by atoms with Gasteiger partial charge in [-0.15, -0.1) is 0 Å². The number of carbonyl (C=O) groups excluding carboxylic acids is 1. The summed E-state index contributed by atoms with van der Waals surface area (Å²) in [6.07, 6.45) is 2.08. The first kappa shape index (κ1) is 19.0. The van der Waals surface area contributed by atoms with E-state index in [0.29, 0.717) is 32.0 Å². The minimum Gasteiger partial charge on any atom is -0.444 e. The van der Waals surface area contributed by atoms with Crippen molar-refractivity contribution in [2.45, 2.75) is 58.5 Å². The number of piperidine rings is 1. The molecular formula is C19H28N4O2. The number of amides is 1. The van der Waals surface area contributed by atoms with Crippen LogP contribution >= 0.6 is 0 Å². The van der Waals surface area contributed by atoms with Crippen LogP contribution in [0.15, 0.2) is 12.1 Å². The zero-order chi connectivity index (χ0) is 18.4. The van der Waals surface area contributed by atoms with Crippen molar-refractivity contribution >= 4 is 11.9 Å². The van der Waals surface area contributed by atoms with Crippen molar-refractivity contribution in [3.8, 4) is 6.07 Å². The molecule has 0 aromatic carbocycles. The van der Waals surface area contributed by atoms with Crippen LogP contribution in [-0.2, 0) is 4.74 Å². The number of nitrogens with one attached hydrogen (secondary N) is 1. The number of aromatic nitrogens is 1. The molecular weight excluding hydrogens is 316 g/mol. The highest BCUT2D eigenvalue weighted by Crippen LogP contribution is 2.30. The molecule has 1 aromatic heterocycles. The van der Waals surface area contributed by atoms with Gasteiger partial charge in [0.25, 0.3) is 0 Å². The molecule has 0 atom stereocenters. The Kier molecular flexibility index (Phi) is 6.24. The van der Waals surface area contributed by atoms with Gasteiger partial charge in [-0.05, 0) is 58.1 Å². The number of anilines is 1. The SMILES string of the molecule is Cc1nc(NCCC#N)ccc1C1CCN(C(=O)OC(C)(C)C)CC1. The number of rotatable bonds is 4. The summed E-state index contributed by atoms with van der Waals surface area (Å²) in [5, 5.41) is 11.7. The first-order valence-electron chi connectivity index (χ1n) is 8.86. The topological polar surface area (TPSA) is 78.3 Å². The Morgan fingerprint density at radius 1 is 1.40 bits per heavy atom. The Balaban J connectivity index is 1.92. The van der Waals surface area contributed by atoms with Crippen molar-refractivity contribution in [3.05, 3.63) is 23.4 Å². The summed E-state index contributed by atoms with van der Waals surface area (Å²) in [4.78, 5) is 18.5. The molecule has 6 heteroatoms. The second-order valence-corrected chi connectivity index (χ2v) is 7.45. The normalized spacial score (nSPS) is 15.6. The van der Waals surface area contributed by atoms with Crippen LogP contribution in [0.2, 0.25) is 0 Å². The minimum absolute atomic E-state index is 0.224. The molecule has 2 rings (SSSR count). The van der Waals surface area contributed by atoms with E-state index in [9.17, 15) is 4.79 Å². The third kappa shape index (κ3) is 5.63. The lowest BCUT2D eigenvalue weighted by Crippen LogP contribution is -2.41. The Morgan fingerprint density at radius 3 is 2.64 bits per heavy atom. The van der Waals surface area contributed by atoms with E-state index in [1.807, 2.05) is 33.8 Å². The largest absolute Gasteiger partial charge is 0.444 e. The molecule has 1 saturated heterocycles. The molecule has 0 spiro atoms. The lowest BCUT2D eigenvalue weighted by molar-refractivity contribution is 0.0204. The molecule has 6 nitrogen and oxygen atoms in total. The molecule has 0 saturated carbocycles. The van der Waals surface area contributed by atoms with Gasteiger partial charge in [0.2, 0.25) is 0 Å². The first-order valence-corrected chi connectivity index (χ1v) is 8.86. The van der Waals surface area contributed by atoms with Gasteiger partial charge in [-0.2, -0.15) is 5.26 Å². The fourth-order valence-corrected chi connectivity index (χ4v) is 3.05. The van der Waals surface area contributed by atoms with Crippen molar-refractivity contribution in [1.29, 1.82) is 5.26 Å². The predicted octanol–water partition coefficient (Wildman–Crippen LogP) is 3.83. The molecule has 2 heterocycles. The first-order chi connectivity index (χ1) is 11.8. The summed E-state index contributed by atoms with van der Waals surface area (Å²) in [6.45, 7) is 9.71. The monoisotopic (exact) mass is 344 g/mol. The minimum atomic E-state index is -0.456. The molecule has 136 valence electrons. The zero-order valence-corrected chi connectivity index (χ0v) is 15.6. The predicted molar refractivity (Wildman–Crippen MR) is 97.5 cm³/mol. The number of carbonyl (C=O) groups is 1. The van der Waals surface area contributed by atoms with Crippen LogP contribution in [0.3, 0.4) is 0 Å². The molecule has 0 unspecified atom stereocenters. The maximum Gasteiger partial charge on any atom is 0.410 e. The molecule has 1 fully saturated rings. The van der Waals surface area contributed by atoms with Crippen molar-refractivity contribution in [2.24, 2.45) is 0 Å². The van der Waals surface area contributed by atoms with Crippen LogP contribution in [-0.4, -0.2) is 41.2 Å². The third-order valence-electron chi connectivity index (χ3n) is 4.26. The van der Waals surface area contributed by atoms with E-state index in [1.54, 1.807) is 4.90 Å². The van der Waals surface area contributed by atoms with Crippen LogP contribution in [0.1, 0.15) is 57.2 Å². The van der Waals surface area contributed by atoms with E-state index in [2.05, 4.69) is 22.4 Å². The summed E-state index contributed by atoms with van der Waals surface area (Å²) in [7, 11) is 0. The quantitative estimate of drug-likeness (QED) is 0.840. The third-order valence-corrected chi connectivity index (χ3v) is 4.26. The number of nitrogens with zero attached hydrogens (tertiary/aromatic N) is 3. The van der Waals surface area contributed by atoms with Gasteiger partial charge >= 0.3 is 6.09 Å². The standard InChI is InChI=1S/C19H28N4O2/c1-14-16(6-7-17(22-14)21-11-5-10-20)15-8-12-23(13-9-15)18(24)25-19(2,3)4/h6-7,15H,5,8-9,11-13H2,1-4H3,(H,21,22). The second-order valence-electron chi connectivity index (χ2n) is 7.45. The Bertz CT molecular complexity index is 638. The van der Waals surface area contributed by atoms with Gasteiger partial charge in [-0.1, -0.05) is 6.07 Å². The molecule has 0 bridgehead atoms. The van der Waals surface area contributed by atoms with E-state index < -0.39 is 5.60 Å². The zero-order valence-electron chi connectivity index (χ0n) is 15.6. The lowest BCUT2D eigenvalue weighted by Gasteiger charge is -2.34. The van der Waals surface area contributed by atoms with E-state index in [4.69, 9.17) is 10.00 Å². The summed E-state index contributed by atoms with van der Waals surface area (Å²) < 4.78 is 5.45. The molecule has 0 aliphatic carbocycles. The average Bonchev–Trinajstić information content (AvgIpc) is 2.54. The number of hydrogen-bond donors (Lipinski definition) is 1. The maximum absolute atomic E-state index is 12.2. The van der Waals surface area contributed by atoms with Gasteiger partial charge in [0.15, 0.2) is 0 Å². The number of nitriles is 1. The fourth-order valence-electron chi connectivity index (χ4n) is 3.05. The van der Waals surface area contributed by atoms with E-state index >= 15 is 0 Å². The highest BCUT2D eigenvalue weighted by molar-refractivity contribution is 5.68. The summed E-state index contributed by atoms with van der Waals surface area (Å²) in [5.74, 6) is 1.22. The van der Waals surface area contributed by atoms with Crippen molar-refractivity contribution < 1.29 is 9.53 Å². The van der Waals surface area contributed by atoms with Crippen LogP contribution in [0, 0.1) is 18.3 Å². The molecule has 1 N–H and O–H groups in total. The van der Waals surface area contributed by atoms with Crippen LogP contribution in [0.4, 0.5) is 10.6 Å². The number of ether oxygens (including phenoxy) is 1. The molecule has 1 aliphatic rings. The number of aryl methyl sites for hydroxylation is 1. The Morgan fingerprint density at radius 2 is 2.08 bits per heavy atom. The van der Waals surface area contributed by atoms with Gasteiger partial charge in [-0.3, -0.25) is 0 Å². The van der Waals surface area contributed by atoms with Gasteiger partial charge in [0.05, 0.1) is 12.5 Å². The molecule has 25 heavy (non-hydrogen) atoms. The summed E-state index contributed by atoms with van der Waals surface area (Å²) in [6, 6.07) is 6.20. The lowest BCUT2D eigenvalue weighted by atomic mass is 9.88. The highest BCUT2D eigenvalue weighted by atomic mass is 16.6. The molecule has 1 aliphatic heterocycles. The number of hydrogen-bond acceptors (Lipinski definition) is 5. The molecule has 1 aromatic rings. The average molecular weight is 344 g/mol. The van der Waals surface area contributed by atoms with Gasteiger partial charge in [-0.25, -0.2) is 9.78 Å². The van der Waals surface area contributed by atoms with Crippen LogP contribution < -0.4 is 5.32 Å². The summed E-state index contributed by atoms with van der Waals surface area (Å²) >= 11 is 0. The van der Waals surface area contributed by atoms with Crippen molar-refractivity contribution in [1.82, 2.24) is 9.88 Å². The fraction of sp³-hybridized carbons (Fsp3) is 0.632. The van der Waals surface area contributed by atoms with Gasteiger partial charge < -0.3 is 15.0 Å².